The monoisotopic (exact) mass is 292 g/mol. The van der Waals surface area contributed by atoms with Gasteiger partial charge in [0.25, 0.3) is 0 Å². The Hall–Kier alpha value is 0.620. The number of hydrogen-bond donors (Lipinski definition) is 0. The molecule has 0 saturated heterocycles. The zero-order chi connectivity index (χ0) is 13.6. The van der Waals surface area contributed by atoms with Crippen molar-refractivity contribution in [3.05, 3.63) is 0 Å². The molecule has 0 unspecified atom stereocenters. The van der Waals surface area contributed by atoms with E-state index in [0.717, 1.165) is 0 Å². The molecule has 18 heavy (non-hydrogen) atoms. The van der Waals surface area contributed by atoms with Crippen LogP contribution in [0.3, 0.4) is 0 Å². The van der Waals surface area contributed by atoms with Gasteiger partial charge in [-0.05, 0) is 52.1 Å². The first kappa shape index (κ1) is 18.6. The van der Waals surface area contributed by atoms with E-state index in [9.17, 15) is 0 Å². The van der Waals surface area contributed by atoms with Gasteiger partial charge in [-0.1, -0.05) is 49.3 Å². The second-order valence-electron chi connectivity index (χ2n) is 4.40. The topological polar surface area (TPSA) is 6.48 Å². The Morgan fingerprint density at radius 2 is 0.944 bits per heavy atom. The highest BCUT2D eigenvalue weighted by atomic mass is 33.1. The van der Waals surface area contributed by atoms with Gasteiger partial charge in [0.05, 0.1) is 0 Å². The van der Waals surface area contributed by atoms with Crippen molar-refractivity contribution in [1.29, 1.82) is 0 Å². The minimum atomic E-state index is 1.19. The molecule has 0 aliphatic heterocycles. The Morgan fingerprint density at radius 1 is 0.611 bits per heavy atom. The Kier molecular flexibility index (Phi) is 14.5. The lowest BCUT2D eigenvalue weighted by molar-refractivity contribution is 0.305. The van der Waals surface area contributed by atoms with Gasteiger partial charge in [0.2, 0.25) is 0 Å². The molecule has 110 valence electrons. The van der Waals surface area contributed by atoms with E-state index in [-0.39, 0.29) is 0 Å². The molecule has 0 rings (SSSR count). The van der Waals surface area contributed by atoms with Gasteiger partial charge >= 0.3 is 0 Å². The van der Waals surface area contributed by atoms with Crippen LogP contribution in [-0.2, 0) is 0 Å². The fourth-order valence-corrected chi connectivity index (χ4v) is 4.04. The van der Waals surface area contributed by atoms with Gasteiger partial charge in [0.1, 0.15) is 0 Å². The zero-order valence-corrected chi connectivity index (χ0v) is 14.4. The third-order valence-corrected chi connectivity index (χ3v) is 5.85. The van der Waals surface area contributed by atoms with Crippen molar-refractivity contribution < 1.29 is 0 Å². The molecule has 0 aliphatic rings. The van der Waals surface area contributed by atoms with E-state index >= 15 is 0 Å². The predicted molar refractivity (Wildman–Crippen MR) is 89.7 cm³/mol. The maximum absolute atomic E-state index is 2.51. The zero-order valence-electron chi connectivity index (χ0n) is 12.8. The highest BCUT2D eigenvalue weighted by Gasteiger charge is 2.00. The summed E-state index contributed by atoms with van der Waals surface area (Å²) in [6.07, 6.45) is 2.66. The molecule has 0 aromatic carbocycles. The van der Waals surface area contributed by atoms with E-state index in [4.69, 9.17) is 0 Å². The van der Waals surface area contributed by atoms with Gasteiger partial charge in [-0.25, -0.2) is 0 Å². The Morgan fingerprint density at radius 3 is 1.22 bits per heavy atom. The van der Waals surface area contributed by atoms with Crippen molar-refractivity contribution in [2.75, 3.05) is 50.8 Å². The third kappa shape index (κ3) is 10.5. The first-order valence-corrected chi connectivity index (χ1v) is 9.96. The molecule has 0 aromatic heterocycles. The van der Waals surface area contributed by atoms with Crippen LogP contribution < -0.4 is 0 Å². The molecular weight excluding hydrogens is 260 g/mol. The van der Waals surface area contributed by atoms with Crippen molar-refractivity contribution in [1.82, 2.24) is 9.80 Å². The van der Waals surface area contributed by atoms with Crippen LogP contribution in [-0.4, -0.2) is 60.6 Å². The van der Waals surface area contributed by atoms with Gasteiger partial charge in [-0.2, -0.15) is 0 Å². The molecule has 0 N–H and O–H groups in total. The SMILES string of the molecule is CCN(CC)CCCSSCCCN(CC)CC. The fraction of sp³-hybridized carbons (Fsp3) is 1.00. The van der Waals surface area contributed by atoms with E-state index in [2.05, 4.69) is 59.1 Å². The van der Waals surface area contributed by atoms with Gasteiger partial charge in [-0.15, -0.1) is 0 Å². The molecule has 0 spiro atoms. The minimum Gasteiger partial charge on any atom is -0.304 e. The Balaban J connectivity index is 3.21. The summed E-state index contributed by atoms with van der Waals surface area (Å²) in [6, 6.07) is 0. The highest BCUT2D eigenvalue weighted by molar-refractivity contribution is 8.76. The molecule has 0 radical (unpaired) electrons. The van der Waals surface area contributed by atoms with Crippen molar-refractivity contribution in [3.8, 4) is 0 Å². The van der Waals surface area contributed by atoms with Gasteiger partial charge < -0.3 is 9.80 Å². The summed E-state index contributed by atoms with van der Waals surface area (Å²) < 4.78 is 0. The number of hydrogen-bond acceptors (Lipinski definition) is 4. The molecule has 0 atom stereocenters. The lowest BCUT2D eigenvalue weighted by atomic mass is 10.4. The van der Waals surface area contributed by atoms with Gasteiger partial charge in [0.15, 0.2) is 0 Å². The lowest BCUT2D eigenvalue weighted by Crippen LogP contribution is -2.24. The highest BCUT2D eigenvalue weighted by Crippen LogP contribution is 2.22. The molecule has 0 aromatic rings. The smallest absolute Gasteiger partial charge is 0.00491 e. The first-order valence-electron chi connectivity index (χ1n) is 7.47. The van der Waals surface area contributed by atoms with Crippen LogP contribution in [0.4, 0.5) is 0 Å². The predicted octanol–water partition coefficient (Wildman–Crippen LogP) is 3.83. The lowest BCUT2D eigenvalue weighted by Gasteiger charge is -2.18. The average Bonchev–Trinajstić information content (AvgIpc) is 2.41. The quantitative estimate of drug-likeness (QED) is 0.376. The van der Waals surface area contributed by atoms with E-state index in [1.54, 1.807) is 0 Å². The molecule has 0 heterocycles. The van der Waals surface area contributed by atoms with Crippen LogP contribution in [0, 0.1) is 0 Å². The summed E-state index contributed by atoms with van der Waals surface area (Å²) in [7, 11) is 4.11. The van der Waals surface area contributed by atoms with E-state index in [1.165, 1.54) is 63.6 Å². The van der Waals surface area contributed by atoms with Crippen LogP contribution in [0.1, 0.15) is 40.5 Å². The minimum absolute atomic E-state index is 1.19. The number of nitrogens with zero attached hydrogens (tertiary/aromatic N) is 2. The molecule has 0 amide bonds. The third-order valence-electron chi connectivity index (χ3n) is 3.28. The molecule has 0 aliphatic carbocycles. The summed E-state index contributed by atoms with van der Waals surface area (Å²) in [5, 5.41) is 0. The van der Waals surface area contributed by atoms with Crippen LogP contribution >= 0.6 is 21.6 Å². The summed E-state index contributed by atoms with van der Waals surface area (Å²) >= 11 is 0. The summed E-state index contributed by atoms with van der Waals surface area (Å²) in [4.78, 5) is 5.01. The normalized spacial score (nSPS) is 11.7. The van der Waals surface area contributed by atoms with Crippen molar-refractivity contribution >= 4 is 21.6 Å². The second kappa shape index (κ2) is 14.0. The average molecular weight is 293 g/mol. The van der Waals surface area contributed by atoms with Crippen LogP contribution in [0.15, 0.2) is 0 Å². The molecule has 0 fully saturated rings. The van der Waals surface area contributed by atoms with E-state index < -0.39 is 0 Å². The van der Waals surface area contributed by atoms with Gasteiger partial charge in [-0.3, -0.25) is 0 Å². The largest absolute Gasteiger partial charge is 0.304 e. The number of rotatable bonds is 13. The molecule has 0 saturated carbocycles. The molecular formula is C14H32N2S2. The van der Waals surface area contributed by atoms with Crippen molar-refractivity contribution in [2.24, 2.45) is 0 Å². The van der Waals surface area contributed by atoms with E-state index in [0.29, 0.717) is 0 Å². The summed E-state index contributed by atoms with van der Waals surface area (Å²) in [5.41, 5.74) is 0. The standard InChI is InChI=1S/C14H32N2S2/c1-5-15(6-2)11-9-13-17-18-14-10-12-16(7-3)8-4/h5-14H2,1-4H3. The summed E-state index contributed by atoms with van der Waals surface area (Å²) in [6.45, 7) is 16.3. The summed E-state index contributed by atoms with van der Waals surface area (Å²) in [5.74, 6) is 2.60. The molecule has 0 bridgehead atoms. The van der Waals surface area contributed by atoms with E-state index in [1.807, 2.05) is 0 Å². The van der Waals surface area contributed by atoms with Crippen LogP contribution in [0.2, 0.25) is 0 Å². The second-order valence-corrected chi connectivity index (χ2v) is 7.11. The molecule has 2 nitrogen and oxygen atoms in total. The van der Waals surface area contributed by atoms with Crippen molar-refractivity contribution in [2.45, 2.75) is 40.5 Å². The Bertz CT molecular complexity index is 142. The van der Waals surface area contributed by atoms with Crippen LogP contribution in [0.25, 0.3) is 0 Å². The van der Waals surface area contributed by atoms with Crippen molar-refractivity contribution in [3.63, 3.8) is 0 Å². The maximum atomic E-state index is 2.51. The maximum Gasteiger partial charge on any atom is 0.00491 e. The van der Waals surface area contributed by atoms with Crippen LogP contribution in [0.5, 0.6) is 0 Å². The molecule has 4 heteroatoms. The fourth-order valence-electron chi connectivity index (χ4n) is 1.89. The first-order chi connectivity index (χ1) is 8.78. The van der Waals surface area contributed by atoms with Gasteiger partial charge in [0, 0.05) is 11.5 Å². The Labute approximate surface area is 123 Å².